The van der Waals surface area contributed by atoms with Crippen LogP contribution in [0, 0.1) is 6.92 Å². The monoisotopic (exact) mass is 408 g/mol. The zero-order chi connectivity index (χ0) is 21.1. The summed E-state index contributed by atoms with van der Waals surface area (Å²) in [5, 5.41) is 2.94. The van der Waals surface area contributed by atoms with Crippen molar-refractivity contribution < 1.29 is 19.1 Å². The summed E-state index contributed by atoms with van der Waals surface area (Å²) in [5.41, 5.74) is 3.15. The number of ether oxygens (including phenoxy) is 2. The van der Waals surface area contributed by atoms with Crippen LogP contribution in [0.15, 0.2) is 42.5 Å². The van der Waals surface area contributed by atoms with Gasteiger partial charge in [-0.05, 0) is 43.0 Å². The van der Waals surface area contributed by atoms with Gasteiger partial charge in [0.05, 0.1) is 18.5 Å². The Hall–Kier alpha value is -3.02. The van der Waals surface area contributed by atoms with Crippen LogP contribution in [0.3, 0.4) is 0 Å². The lowest BCUT2D eigenvalue weighted by atomic mass is 10.00. The summed E-state index contributed by atoms with van der Waals surface area (Å²) in [4.78, 5) is 27.0. The van der Waals surface area contributed by atoms with E-state index >= 15 is 0 Å². The summed E-state index contributed by atoms with van der Waals surface area (Å²) in [6, 6.07) is 13.6. The van der Waals surface area contributed by atoms with Gasteiger partial charge in [0.25, 0.3) is 0 Å². The van der Waals surface area contributed by atoms with Crippen LogP contribution in [0.4, 0.5) is 0 Å². The highest BCUT2D eigenvalue weighted by Gasteiger charge is 2.32. The molecule has 0 bridgehead atoms. The molecule has 2 amide bonds. The predicted molar refractivity (Wildman–Crippen MR) is 113 cm³/mol. The lowest BCUT2D eigenvalue weighted by Gasteiger charge is -2.28. The molecule has 4 rings (SSSR count). The summed E-state index contributed by atoms with van der Waals surface area (Å²) in [7, 11) is 0. The summed E-state index contributed by atoms with van der Waals surface area (Å²) < 4.78 is 11.3. The minimum absolute atomic E-state index is 0.0179. The number of hydrogen-bond donors (Lipinski definition) is 1. The molecule has 1 fully saturated rings. The van der Waals surface area contributed by atoms with Crippen LogP contribution in [-0.4, -0.2) is 36.5 Å². The molecule has 2 aliphatic heterocycles. The minimum Gasteiger partial charge on any atom is -0.486 e. The molecular weight excluding hydrogens is 380 g/mol. The van der Waals surface area contributed by atoms with E-state index in [1.165, 1.54) is 6.92 Å². The molecule has 0 radical (unpaired) electrons. The SMILES string of the molecule is CC(=O)NC(CC(=O)N1CCCC1c1ccc2c(c1)OCCO2)c1ccc(C)cc1. The van der Waals surface area contributed by atoms with Crippen molar-refractivity contribution in [3.63, 3.8) is 0 Å². The molecule has 1 N–H and O–H groups in total. The third-order valence-electron chi connectivity index (χ3n) is 5.76. The Labute approximate surface area is 177 Å². The number of hydrogen-bond acceptors (Lipinski definition) is 4. The molecule has 2 aromatic rings. The third kappa shape index (κ3) is 4.42. The second kappa shape index (κ2) is 8.78. The number of benzene rings is 2. The van der Waals surface area contributed by atoms with Crippen LogP contribution in [0.2, 0.25) is 0 Å². The van der Waals surface area contributed by atoms with Gasteiger partial charge in [-0.25, -0.2) is 0 Å². The van der Waals surface area contributed by atoms with Crippen LogP contribution in [0.25, 0.3) is 0 Å². The van der Waals surface area contributed by atoms with E-state index in [0.29, 0.717) is 13.2 Å². The van der Waals surface area contributed by atoms with E-state index in [0.717, 1.165) is 47.6 Å². The Morgan fingerprint density at radius 2 is 1.83 bits per heavy atom. The highest BCUT2D eigenvalue weighted by Crippen LogP contribution is 2.38. The molecule has 2 unspecified atom stereocenters. The average molecular weight is 408 g/mol. The van der Waals surface area contributed by atoms with Gasteiger partial charge in [-0.1, -0.05) is 35.9 Å². The normalized spacial score (nSPS) is 18.7. The van der Waals surface area contributed by atoms with Gasteiger partial charge in [0.1, 0.15) is 13.2 Å². The number of carbonyl (C=O) groups is 2. The second-order valence-electron chi connectivity index (χ2n) is 8.02. The molecule has 6 nitrogen and oxygen atoms in total. The van der Waals surface area contributed by atoms with Crippen molar-refractivity contribution in [2.75, 3.05) is 19.8 Å². The van der Waals surface area contributed by atoms with Crippen molar-refractivity contribution in [1.29, 1.82) is 0 Å². The first kappa shape index (κ1) is 20.3. The van der Waals surface area contributed by atoms with Gasteiger partial charge in [0.15, 0.2) is 11.5 Å². The summed E-state index contributed by atoms with van der Waals surface area (Å²) >= 11 is 0. The highest BCUT2D eigenvalue weighted by molar-refractivity contribution is 5.80. The average Bonchev–Trinajstić information content (AvgIpc) is 3.23. The fraction of sp³-hybridized carbons (Fsp3) is 0.417. The van der Waals surface area contributed by atoms with E-state index in [-0.39, 0.29) is 30.3 Å². The fourth-order valence-electron chi connectivity index (χ4n) is 4.27. The van der Waals surface area contributed by atoms with Crippen LogP contribution in [0.5, 0.6) is 11.5 Å². The van der Waals surface area contributed by atoms with E-state index in [1.807, 2.05) is 54.3 Å². The number of amides is 2. The molecule has 2 heterocycles. The molecule has 158 valence electrons. The number of carbonyl (C=O) groups excluding carboxylic acids is 2. The van der Waals surface area contributed by atoms with Gasteiger partial charge >= 0.3 is 0 Å². The smallest absolute Gasteiger partial charge is 0.225 e. The molecule has 0 spiro atoms. The zero-order valence-electron chi connectivity index (χ0n) is 17.5. The van der Waals surface area contributed by atoms with Gasteiger partial charge < -0.3 is 19.7 Å². The number of rotatable bonds is 5. The van der Waals surface area contributed by atoms with Gasteiger partial charge in [-0.3, -0.25) is 9.59 Å². The molecule has 0 aromatic heterocycles. The number of nitrogens with one attached hydrogen (secondary N) is 1. The topological polar surface area (TPSA) is 67.9 Å². The standard InChI is InChI=1S/C24H28N2O4/c1-16-5-7-18(8-6-16)20(25-17(2)27)15-24(28)26-11-3-4-21(26)19-9-10-22-23(14-19)30-13-12-29-22/h5-10,14,20-21H,3-4,11-13,15H2,1-2H3,(H,25,27). The number of likely N-dealkylation sites (tertiary alicyclic amines) is 1. The van der Waals surface area contributed by atoms with Crippen molar-refractivity contribution in [3.05, 3.63) is 59.2 Å². The Kier molecular flexibility index (Phi) is 5.93. The Morgan fingerprint density at radius 3 is 2.57 bits per heavy atom. The Morgan fingerprint density at radius 1 is 1.10 bits per heavy atom. The molecule has 30 heavy (non-hydrogen) atoms. The van der Waals surface area contributed by atoms with E-state index in [4.69, 9.17) is 9.47 Å². The third-order valence-corrected chi connectivity index (χ3v) is 5.76. The summed E-state index contributed by atoms with van der Waals surface area (Å²) in [6.45, 7) is 5.32. The van der Waals surface area contributed by atoms with Crippen LogP contribution in [0.1, 0.15) is 55.0 Å². The van der Waals surface area contributed by atoms with Gasteiger partial charge in [0.2, 0.25) is 11.8 Å². The maximum atomic E-state index is 13.3. The lowest BCUT2D eigenvalue weighted by Crippen LogP contribution is -2.35. The lowest BCUT2D eigenvalue weighted by molar-refractivity contribution is -0.133. The molecule has 0 saturated carbocycles. The van der Waals surface area contributed by atoms with E-state index in [1.54, 1.807) is 0 Å². The maximum Gasteiger partial charge on any atom is 0.225 e. The molecule has 0 aliphatic carbocycles. The fourth-order valence-corrected chi connectivity index (χ4v) is 4.27. The Bertz CT molecular complexity index is 925. The van der Waals surface area contributed by atoms with Crippen molar-refractivity contribution in [2.24, 2.45) is 0 Å². The van der Waals surface area contributed by atoms with Crippen LogP contribution >= 0.6 is 0 Å². The van der Waals surface area contributed by atoms with Gasteiger partial charge in [-0.2, -0.15) is 0 Å². The van der Waals surface area contributed by atoms with Gasteiger partial charge in [-0.15, -0.1) is 0 Å². The van der Waals surface area contributed by atoms with E-state index in [2.05, 4.69) is 5.32 Å². The minimum atomic E-state index is -0.336. The van der Waals surface area contributed by atoms with Crippen molar-refractivity contribution >= 4 is 11.8 Å². The van der Waals surface area contributed by atoms with Crippen LogP contribution < -0.4 is 14.8 Å². The predicted octanol–water partition coefficient (Wildman–Crippen LogP) is 3.70. The van der Waals surface area contributed by atoms with Crippen molar-refractivity contribution in [1.82, 2.24) is 10.2 Å². The zero-order valence-corrected chi connectivity index (χ0v) is 17.5. The second-order valence-corrected chi connectivity index (χ2v) is 8.02. The largest absolute Gasteiger partial charge is 0.486 e. The molecular formula is C24H28N2O4. The number of fused-ring (bicyclic) bond motifs is 1. The Balaban J connectivity index is 1.52. The first-order valence-corrected chi connectivity index (χ1v) is 10.5. The summed E-state index contributed by atoms with van der Waals surface area (Å²) in [5.74, 6) is 1.41. The van der Waals surface area contributed by atoms with E-state index in [9.17, 15) is 9.59 Å². The first-order valence-electron chi connectivity index (χ1n) is 10.5. The molecule has 2 aliphatic rings. The van der Waals surface area contributed by atoms with Crippen molar-refractivity contribution in [2.45, 2.75) is 45.2 Å². The number of nitrogens with zero attached hydrogens (tertiary/aromatic N) is 1. The highest BCUT2D eigenvalue weighted by atomic mass is 16.6. The maximum absolute atomic E-state index is 13.3. The number of aryl methyl sites for hydroxylation is 1. The first-order chi connectivity index (χ1) is 14.5. The molecule has 2 atom stereocenters. The van der Waals surface area contributed by atoms with Gasteiger partial charge in [0, 0.05) is 13.5 Å². The summed E-state index contributed by atoms with van der Waals surface area (Å²) in [6.07, 6.45) is 2.12. The van der Waals surface area contributed by atoms with E-state index < -0.39 is 0 Å². The molecule has 6 heteroatoms. The van der Waals surface area contributed by atoms with Crippen molar-refractivity contribution in [3.8, 4) is 11.5 Å². The quantitative estimate of drug-likeness (QED) is 0.819. The molecule has 1 saturated heterocycles. The van der Waals surface area contributed by atoms with Crippen LogP contribution in [-0.2, 0) is 9.59 Å². The molecule has 2 aromatic carbocycles.